The molecule has 2 heterocycles. The first kappa shape index (κ1) is 25.7. The Labute approximate surface area is 217 Å². The Morgan fingerprint density at radius 3 is 2.42 bits per heavy atom. The molecule has 0 unspecified atom stereocenters. The van der Waals surface area contributed by atoms with Gasteiger partial charge in [-0.05, 0) is 79.7 Å². The minimum atomic E-state index is -3.81. The van der Waals surface area contributed by atoms with Crippen molar-refractivity contribution in [1.29, 1.82) is 0 Å². The third-order valence-corrected chi connectivity index (χ3v) is 7.67. The molecule has 0 aliphatic carbocycles. The Hall–Kier alpha value is -3.38. The summed E-state index contributed by atoms with van der Waals surface area (Å²) in [6.07, 6.45) is 1.61. The number of thioether (sulfide) groups is 1. The van der Waals surface area contributed by atoms with E-state index in [0.29, 0.717) is 22.0 Å². The number of hydrogen-bond acceptors (Lipinski definition) is 6. The number of rotatable bonds is 6. The number of aromatic nitrogens is 1. The van der Waals surface area contributed by atoms with Gasteiger partial charge in [-0.15, -0.1) is 0 Å². The number of primary sulfonamides is 1. The highest BCUT2D eigenvalue weighted by molar-refractivity contribution is 8.18. The van der Waals surface area contributed by atoms with Crippen molar-refractivity contribution in [1.82, 2.24) is 9.47 Å². The van der Waals surface area contributed by atoms with Gasteiger partial charge in [0.2, 0.25) is 15.9 Å². The number of carbonyl (C=O) groups excluding carboxylic acids is 3. The van der Waals surface area contributed by atoms with Gasteiger partial charge in [-0.2, -0.15) is 0 Å². The van der Waals surface area contributed by atoms with Crippen LogP contribution in [-0.4, -0.2) is 41.5 Å². The van der Waals surface area contributed by atoms with Crippen LogP contribution in [0.3, 0.4) is 0 Å². The molecular formula is C24H21ClN4O5S2. The minimum absolute atomic E-state index is 0.00109. The smallest absolute Gasteiger partial charge is 0.294 e. The topological polar surface area (TPSA) is 132 Å². The highest BCUT2D eigenvalue weighted by atomic mass is 35.5. The summed E-state index contributed by atoms with van der Waals surface area (Å²) >= 11 is 6.80. The zero-order valence-electron chi connectivity index (χ0n) is 19.2. The SMILES string of the molecule is Cc1cc(/C=C2/SC(=O)N(CC(=O)Nc3ccccc3Cl)C2=O)c(C)n1-c1ccc(S(N)(=O)=O)cc1. The van der Waals surface area contributed by atoms with Crippen LogP contribution in [0.25, 0.3) is 11.8 Å². The second-order valence-corrected chi connectivity index (χ2v) is 11.0. The Morgan fingerprint density at radius 2 is 1.78 bits per heavy atom. The quantitative estimate of drug-likeness (QED) is 0.450. The van der Waals surface area contributed by atoms with Gasteiger partial charge in [0.15, 0.2) is 0 Å². The van der Waals surface area contributed by atoms with Gasteiger partial charge >= 0.3 is 0 Å². The summed E-state index contributed by atoms with van der Waals surface area (Å²) in [5.74, 6) is -1.12. The van der Waals surface area contributed by atoms with Crippen molar-refractivity contribution in [3.05, 3.63) is 81.5 Å². The molecule has 1 fully saturated rings. The van der Waals surface area contributed by atoms with E-state index in [1.807, 2.05) is 24.5 Å². The minimum Gasteiger partial charge on any atom is -0.323 e. The van der Waals surface area contributed by atoms with Crippen molar-refractivity contribution in [3.8, 4) is 5.69 Å². The van der Waals surface area contributed by atoms with Crippen LogP contribution >= 0.6 is 23.4 Å². The van der Waals surface area contributed by atoms with Gasteiger partial charge < -0.3 is 9.88 Å². The number of nitrogens with two attached hydrogens (primary N) is 1. The van der Waals surface area contributed by atoms with Gasteiger partial charge in [-0.25, -0.2) is 13.6 Å². The van der Waals surface area contributed by atoms with Crippen LogP contribution in [0.2, 0.25) is 5.02 Å². The molecule has 3 aromatic rings. The molecule has 3 N–H and O–H groups in total. The number of sulfonamides is 1. The lowest BCUT2D eigenvalue weighted by molar-refractivity contribution is -0.127. The molecule has 1 saturated heterocycles. The summed E-state index contributed by atoms with van der Waals surface area (Å²) in [5, 5.41) is 7.57. The number of imide groups is 1. The molecule has 2 aromatic carbocycles. The van der Waals surface area contributed by atoms with Crippen LogP contribution < -0.4 is 10.5 Å². The molecule has 0 radical (unpaired) electrons. The highest BCUT2D eigenvalue weighted by Crippen LogP contribution is 2.34. The van der Waals surface area contributed by atoms with E-state index < -0.39 is 33.6 Å². The number of anilines is 1. The zero-order valence-corrected chi connectivity index (χ0v) is 21.6. The number of benzene rings is 2. The molecule has 186 valence electrons. The van der Waals surface area contributed by atoms with E-state index in [4.69, 9.17) is 16.7 Å². The molecule has 1 aromatic heterocycles. The maximum Gasteiger partial charge on any atom is 0.294 e. The van der Waals surface area contributed by atoms with Crippen LogP contribution in [-0.2, 0) is 19.6 Å². The van der Waals surface area contributed by atoms with Gasteiger partial charge in [0, 0.05) is 17.1 Å². The summed E-state index contributed by atoms with van der Waals surface area (Å²) < 4.78 is 25.0. The summed E-state index contributed by atoms with van der Waals surface area (Å²) in [6.45, 7) is 3.26. The van der Waals surface area contributed by atoms with Crippen LogP contribution in [0.4, 0.5) is 10.5 Å². The van der Waals surface area contributed by atoms with Crippen molar-refractivity contribution >= 4 is 62.2 Å². The fraction of sp³-hybridized carbons (Fsp3) is 0.125. The average molecular weight is 545 g/mol. The largest absolute Gasteiger partial charge is 0.323 e. The zero-order chi connectivity index (χ0) is 26.2. The normalized spacial score (nSPS) is 15.1. The number of hydrogen-bond donors (Lipinski definition) is 2. The van der Waals surface area contributed by atoms with Gasteiger partial charge in [0.05, 0.1) is 20.5 Å². The number of nitrogens with zero attached hydrogens (tertiary/aromatic N) is 2. The molecular weight excluding hydrogens is 524 g/mol. The number of amides is 3. The lowest BCUT2D eigenvalue weighted by Crippen LogP contribution is -2.36. The van der Waals surface area contributed by atoms with E-state index in [0.717, 1.165) is 28.0 Å². The molecule has 0 bridgehead atoms. The Morgan fingerprint density at radius 1 is 1.11 bits per heavy atom. The maximum absolute atomic E-state index is 12.9. The van der Waals surface area contributed by atoms with Crippen molar-refractivity contribution < 1.29 is 22.8 Å². The molecule has 12 heteroatoms. The van der Waals surface area contributed by atoms with Crippen molar-refractivity contribution in [2.75, 3.05) is 11.9 Å². The standard InChI is InChI=1S/C24H21ClN4O5S2/c1-14-11-16(15(2)29(14)17-7-9-18(10-8-17)36(26,33)34)12-21-23(31)28(24(32)35-21)13-22(30)27-20-6-4-3-5-19(20)25/h3-12H,13H2,1-2H3,(H,27,30)(H2,26,33,34)/b21-12+. The molecule has 0 spiro atoms. The number of para-hydroxylation sites is 1. The van der Waals surface area contributed by atoms with E-state index in [-0.39, 0.29) is 9.80 Å². The van der Waals surface area contributed by atoms with Gasteiger partial charge in [-0.3, -0.25) is 19.3 Å². The van der Waals surface area contributed by atoms with Gasteiger partial charge in [0.25, 0.3) is 11.1 Å². The molecule has 1 aliphatic heterocycles. The Balaban J connectivity index is 1.54. The fourth-order valence-corrected chi connectivity index (χ4v) is 5.32. The predicted molar refractivity (Wildman–Crippen MR) is 139 cm³/mol. The van der Waals surface area contributed by atoms with E-state index in [9.17, 15) is 22.8 Å². The van der Waals surface area contributed by atoms with Gasteiger partial charge in [0.1, 0.15) is 6.54 Å². The molecule has 9 nitrogen and oxygen atoms in total. The van der Waals surface area contributed by atoms with E-state index in [1.54, 1.807) is 42.5 Å². The first-order valence-corrected chi connectivity index (χ1v) is 13.3. The molecule has 3 amide bonds. The number of halogens is 1. The summed E-state index contributed by atoms with van der Waals surface area (Å²) in [6, 6.07) is 14.6. The summed E-state index contributed by atoms with van der Waals surface area (Å²) in [5.41, 5.74) is 3.41. The second kappa shape index (κ2) is 9.94. The van der Waals surface area contributed by atoms with E-state index >= 15 is 0 Å². The lowest BCUT2D eigenvalue weighted by Gasteiger charge is -2.13. The monoisotopic (exact) mass is 544 g/mol. The highest BCUT2D eigenvalue weighted by Gasteiger charge is 2.36. The van der Waals surface area contributed by atoms with Crippen molar-refractivity contribution in [3.63, 3.8) is 0 Å². The Kier molecular flexibility index (Phi) is 7.10. The average Bonchev–Trinajstić information content (AvgIpc) is 3.24. The summed E-state index contributed by atoms with van der Waals surface area (Å²) in [7, 11) is -3.81. The van der Waals surface area contributed by atoms with Crippen LogP contribution in [0, 0.1) is 13.8 Å². The molecule has 4 rings (SSSR count). The molecule has 0 atom stereocenters. The van der Waals surface area contributed by atoms with Crippen molar-refractivity contribution in [2.45, 2.75) is 18.7 Å². The van der Waals surface area contributed by atoms with Gasteiger partial charge in [-0.1, -0.05) is 23.7 Å². The van der Waals surface area contributed by atoms with Crippen LogP contribution in [0.5, 0.6) is 0 Å². The second-order valence-electron chi connectivity index (χ2n) is 8.00. The lowest BCUT2D eigenvalue weighted by atomic mass is 10.2. The fourth-order valence-electron chi connectivity index (χ4n) is 3.79. The number of nitrogens with one attached hydrogen (secondary N) is 1. The molecule has 36 heavy (non-hydrogen) atoms. The van der Waals surface area contributed by atoms with Crippen molar-refractivity contribution in [2.24, 2.45) is 5.14 Å². The third-order valence-electron chi connectivity index (χ3n) is 5.50. The van der Waals surface area contributed by atoms with E-state index in [2.05, 4.69) is 5.32 Å². The molecule has 0 saturated carbocycles. The summed E-state index contributed by atoms with van der Waals surface area (Å²) in [4.78, 5) is 38.9. The third kappa shape index (κ3) is 5.24. The molecule has 1 aliphatic rings. The predicted octanol–water partition coefficient (Wildman–Crippen LogP) is 4.07. The van der Waals surface area contributed by atoms with Crippen LogP contribution in [0.15, 0.2) is 64.4 Å². The maximum atomic E-state index is 12.9. The number of carbonyl (C=O) groups is 3. The van der Waals surface area contributed by atoms with E-state index in [1.165, 1.54) is 12.1 Å². The number of aryl methyl sites for hydroxylation is 1. The Bertz CT molecular complexity index is 1530. The van der Waals surface area contributed by atoms with Crippen LogP contribution in [0.1, 0.15) is 17.0 Å². The first-order chi connectivity index (χ1) is 17.0. The first-order valence-electron chi connectivity index (χ1n) is 10.6.